The van der Waals surface area contributed by atoms with E-state index in [1.807, 2.05) is 6.92 Å². The van der Waals surface area contributed by atoms with Crippen LogP contribution in [0.1, 0.15) is 106 Å². The Balaban J connectivity index is 2.95. The van der Waals surface area contributed by atoms with Crippen molar-refractivity contribution in [2.45, 2.75) is 79.6 Å². The van der Waals surface area contributed by atoms with Crippen molar-refractivity contribution in [2.75, 3.05) is 6.61 Å². The maximum absolute atomic E-state index is 13.2. The van der Waals surface area contributed by atoms with Crippen LogP contribution >= 0.6 is 0 Å². The highest BCUT2D eigenvalue weighted by molar-refractivity contribution is 6.01. The molecule has 0 spiro atoms. The SMILES string of the molecule is CCCC=Cc1c(C(C)C)nc(C(C)C)c(C(=O)OCC)c1-c1ccc(CC)cc1. The van der Waals surface area contributed by atoms with Gasteiger partial charge in [0.2, 0.25) is 0 Å². The van der Waals surface area contributed by atoms with Gasteiger partial charge in [-0.2, -0.15) is 0 Å². The number of nitrogens with zero attached hydrogens (tertiary/aromatic N) is 1. The summed E-state index contributed by atoms with van der Waals surface area (Å²) in [6.07, 6.45) is 7.40. The van der Waals surface area contributed by atoms with Gasteiger partial charge in [0, 0.05) is 11.1 Å². The van der Waals surface area contributed by atoms with Crippen molar-refractivity contribution in [1.29, 1.82) is 0 Å². The molecule has 0 bridgehead atoms. The zero-order valence-electron chi connectivity index (χ0n) is 19.7. The highest BCUT2D eigenvalue weighted by Gasteiger charge is 2.27. The maximum Gasteiger partial charge on any atom is 0.340 e. The number of allylic oxidation sites excluding steroid dienone is 1. The van der Waals surface area contributed by atoms with Crippen LogP contribution < -0.4 is 0 Å². The summed E-state index contributed by atoms with van der Waals surface area (Å²) < 4.78 is 5.50. The van der Waals surface area contributed by atoms with E-state index in [4.69, 9.17) is 9.72 Å². The minimum atomic E-state index is -0.288. The summed E-state index contributed by atoms with van der Waals surface area (Å²) in [6, 6.07) is 8.55. The minimum Gasteiger partial charge on any atom is -0.462 e. The number of carbonyl (C=O) groups excluding carboxylic acids is 1. The minimum absolute atomic E-state index is 0.115. The fourth-order valence-corrected chi connectivity index (χ4v) is 3.65. The quantitative estimate of drug-likeness (QED) is 0.403. The first kappa shape index (κ1) is 23.9. The van der Waals surface area contributed by atoms with Crippen molar-refractivity contribution < 1.29 is 9.53 Å². The number of ether oxygens (including phenoxy) is 1. The highest BCUT2D eigenvalue weighted by atomic mass is 16.5. The van der Waals surface area contributed by atoms with Crippen molar-refractivity contribution in [2.24, 2.45) is 0 Å². The fraction of sp³-hybridized carbons (Fsp3) is 0.481. The van der Waals surface area contributed by atoms with Gasteiger partial charge in [-0.25, -0.2) is 4.79 Å². The van der Waals surface area contributed by atoms with Gasteiger partial charge in [0.25, 0.3) is 0 Å². The summed E-state index contributed by atoms with van der Waals surface area (Å²) in [7, 11) is 0. The van der Waals surface area contributed by atoms with Crippen molar-refractivity contribution in [3.05, 3.63) is 58.4 Å². The molecular formula is C27H37NO2. The number of aromatic nitrogens is 1. The Labute approximate surface area is 182 Å². The molecule has 30 heavy (non-hydrogen) atoms. The van der Waals surface area contributed by atoms with Crippen LogP contribution in [0.3, 0.4) is 0 Å². The number of hydrogen-bond acceptors (Lipinski definition) is 3. The molecule has 0 aliphatic rings. The predicted molar refractivity (Wildman–Crippen MR) is 127 cm³/mol. The molecule has 2 aromatic rings. The highest BCUT2D eigenvalue weighted by Crippen LogP contribution is 2.38. The molecule has 0 atom stereocenters. The van der Waals surface area contributed by atoms with Gasteiger partial charge in [0.15, 0.2) is 0 Å². The van der Waals surface area contributed by atoms with Gasteiger partial charge in [-0.3, -0.25) is 4.98 Å². The first-order valence-electron chi connectivity index (χ1n) is 11.4. The molecule has 0 radical (unpaired) electrons. The monoisotopic (exact) mass is 407 g/mol. The number of rotatable bonds is 9. The maximum atomic E-state index is 13.2. The molecule has 1 aromatic carbocycles. The molecule has 0 unspecified atom stereocenters. The van der Waals surface area contributed by atoms with E-state index < -0.39 is 0 Å². The molecule has 3 nitrogen and oxygen atoms in total. The Morgan fingerprint density at radius 2 is 1.63 bits per heavy atom. The number of carbonyl (C=O) groups is 1. The summed E-state index contributed by atoms with van der Waals surface area (Å²) in [6.45, 7) is 15.0. The van der Waals surface area contributed by atoms with Crippen LogP contribution in [-0.4, -0.2) is 17.6 Å². The van der Waals surface area contributed by atoms with E-state index in [2.05, 4.69) is 78.0 Å². The summed E-state index contributed by atoms with van der Waals surface area (Å²) in [5, 5.41) is 0. The molecule has 0 aliphatic carbocycles. The van der Waals surface area contributed by atoms with Crippen LogP contribution in [0.2, 0.25) is 0 Å². The van der Waals surface area contributed by atoms with E-state index in [-0.39, 0.29) is 17.8 Å². The summed E-state index contributed by atoms with van der Waals surface area (Å²) in [4.78, 5) is 18.2. The third-order valence-electron chi connectivity index (χ3n) is 5.26. The standard InChI is InChI=1S/C27H37NO2/c1-8-11-12-13-22-23(21-16-14-20(9-2)15-17-21)24(27(29)30-10-3)26(19(6)7)28-25(22)18(4)5/h12-19H,8-11H2,1-7H3. The van der Waals surface area contributed by atoms with Crippen LogP contribution in [0.25, 0.3) is 17.2 Å². The lowest BCUT2D eigenvalue weighted by atomic mass is 9.86. The first-order valence-corrected chi connectivity index (χ1v) is 11.4. The summed E-state index contributed by atoms with van der Waals surface area (Å²) in [5.74, 6) is 0.0710. The van der Waals surface area contributed by atoms with E-state index in [1.54, 1.807) is 0 Å². The fourth-order valence-electron chi connectivity index (χ4n) is 3.65. The van der Waals surface area contributed by atoms with Gasteiger partial charge in [-0.1, -0.05) is 84.4 Å². The largest absolute Gasteiger partial charge is 0.462 e. The van der Waals surface area contributed by atoms with Crippen molar-refractivity contribution >= 4 is 12.0 Å². The van der Waals surface area contributed by atoms with Gasteiger partial charge in [0.05, 0.1) is 23.6 Å². The lowest BCUT2D eigenvalue weighted by molar-refractivity contribution is 0.0525. The topological polar surface area (TPSA) is 39.2 Å². The number of pyridine rings is 1. The van der Waals surface area contributed by atoms with Crippen LogP contribution in [-0.2, 0) is 11.2 Å². The van der Waals surface area contributed by atoms with Crippen LogP contribution in [0, 0.1) is 0 Å². The third-order valence-corrected chi connectivity index (χ3v) is 5.26. The molecule has 0 N–H and O–H groups in total. The van der Waals surface area contributed by atoms with Crippen molar-refractivity contribution in [3.63, 3.8) is 0 Å². The molecule has 162 valence electrons. The lowest BCUT2D eigenvalue weighted by Crippen LogP contribution is -2.16. The molecule has 3 heteroatoms. The Morgan fingerprint density at radius 1 is 1.00 bits per heavy atom. The van der Waals surface area contributed by atoms with Gasteiger partial charge in [-0.15, -0.1) is 0 Å². The van der Waals surface area contributed by atoms with Gasteiger partial charge < -0.3 is 4.74 Å². The summed E-state index contributed by atoms with van der Waals surface area (Å²) >= 11 is 0. The van der Waals surface area contributed by atoms with E-state index in [9.17, 15) is 4.79 Å². The second kappa shape index (κ2) is 11.1. The second-order valence-corrected chi connectivity index (χ2v) is 8.32. The molecule has 0 saturated carbocycles. The number of aryl methyl sites for hydroxylation is 1. The van der Waals surface area contributed by atoms with Gasteiger partial charge in [-0.05, 0) is 42.7 Å². The van der Waals surface area contributed by atoms with Crippen molar-refractivity contribution in [1.82, 2.24) is 4.98 Å². The molecule has 0 aliphatic heterocycles. The Kier molecular flexibility index (Phi) is 8.83. The molecule has 0 saturated heterocycles. The Morgan fingerprint density at radius 3 is 2.13 bits per heavy atom. The zero-order valence-corrected chi connectivity index (χ0v) is 19.7. The molecule has 2 rings (SSSR count). The predicted octanol–water partition coefficient (Wildman–Crippen LogP) is 7.55. The van der Waals surface area contributed by atoms with E-state index in [0.717, 1.165) is 47.3 Å². The zero-order chi connectivity index (χ0) is 22.3. The first-order chi connectivity index (χ1) is 14.3. The smallest absolute Gasteiger partial charge is 0.340 e. The number of esters is 1. The van der Waals surface area contributed by atoms with E-state index in [0.29, 0.717) is 12.2 Å². The molecular weight excluding hydrogens is 370 g/mol. The van der Waals surface area contributed by atoms with Crippen LogP contribution in [0.4, 0.5) is 0 Å². The number of hydrogen-bond donors (Lipinski definition) is 0. The van der Waals surface area contributed by atoms with E-state index in [1.165, 1.54) is 5.56 Å². The third kappa shape index (κ3) is 5.38. The van der Waals surface area contributed by atoms with Gasteiger partial charge in [0.1, 0.15) is 0 Å². The lowest BCUT2D eigenvalue weighted by Gasteiger charge is -2.23. The molecule has 0 amide bonds. The average molecular weight is 408 g/mol. The number of unbranched alkanes of at least 4 members (excludes halogenated alkanes) is 1. The second-order valence-electron chi connectivity index (χ2n) is 8.32. The average Bonchev–Trinajstić information content (AvgIpc) is 2.73. The molecule has 1 aromatic heterocycles. The summed E-state index contributed by atoms with van der Waals surface area (Å²) in [5.41, 5.74) is 6.77. The number of benzene rings is 1. The Hall–Kier alpha value is -2.42. The van der Waals surface area contributed by atoms with Crippen molar-refractivity contribution in [3.8, 4) is 11.1 Å². The molecule has 0 fully saturated rings. The Bertz CT molecular complexity index is 877. The van der Waals surface area contributed by atoms with E-state index >= 15 is 0 Å². The van der Waals surface area contributed by atoms with Crippen LogP contribution in [0.5, 0.6) is 0 Å². The molecule has 1 heterocycles. The normalized spacial score (nSPS) is 11.6. The van der Waals surface area contributed by atoms with Gasteiger partial charge >= 0.3 is 5.97 Å². The van der Waals surface area contributed by atoms with Crippen LogP contribution in [0.15, 0.2) is 30.3 Å².